The van der Waals surface area contributed by atoms with E-state index < -0.39 is 0 Å². The van der Waals surface area contributed by atoms with E-state index in [0.29, 0.717) is 0 Å². The van der Waals surface area contributed by atoms with Crippen LogP contribution >= 0.6 is 15.9 Å². The highest BCUT2D eigenvalue weighted by molar-refractivity contribution is 9.10. The van der Waals surface area contributed by atoms with Gasteiger partial charge in [0.2, 0.25) is 6.23 Å². The Hall–Kier alpha value is -2.79. The molecule has 0 aromatic heterocycles. The number of halogens is 1. The normalized spacial score (nSPS) is 19.5. The van der Waals surface area contributed by atoms with Crippen LogP contribution in [0.25, 0.3) is 0 Å². The lowest BCUT2D eigenvalue weighted by atomic mass is 9.96. The number of hydrazone groups is 1. The van der Waals surface area contributed by atoms with E-state index in [1.54, 1.807) is 0 Å². The third-order valence-corrected chi connectivity index (χ3v) is 6.17. The van der Waals surface area contributed by atoms with E-state index in [4.69, 9.17) is 14.6 Å². The molecule has 3 aromatic rings. The molecule has 31 heavy (non-hydrogen) atoms. The molecule has 0 spiro atoms. The molecule has 2 aliphatic rings. The largest absolute Gasteiger partial charge is 0.491 e. The Morgan fingerprint density at radius 2 is 1.77 bits per heavy atom. The van der Waals surface area contributed by atoms with Crippen LogP contribution in [0.2, 0.25) is 0 Å². The Kier molecular flexibility index (Phi) is 5.22. The molecule has 0 radical (unpaired) electrons. The maximum atomic E-state index is 6.45. The molecule has 0 aliphatic carbocycles. The van der Waals surface area contributed by atoms with Crippen LogP contribution in [0.15, 0.2) is 76.3 Å². The Morgan fingerprint density at radius 3 is 2.48 bits per heavy atom. The molecule has 0 fully saturated rings. The van der Waals surface area contributed by atoms with E-state index >= 15 is 0 Å². The Balaban J connectivity index is 1.52. The number of benzene rings is 3. The van der Waals surface area contributed by atoms with Gasteiger partial charge in [0, 0.05) is 22.0 Å². The monoisotopic (exact) mass is 476 g/mol. The highest BCUT2D eigenvalue weighted by Gasteiger charge is 2.41. The van der Waals surface area contributed by atoms with Gasteiger partial charge in [0.1, 0.15) is 11.5 Å². The van der Waals surface area contributed by atoms with Crippen LogP contribution in [0.1, 0.15) is 54.8 Å². The second kappa shape index (κ2) is 8.04. The third-order valence-electron chi connectivity index (χ3n) is 5.67. The molecule has 2 heterocycles. The quantitative estimate of drug-likeness (QED) is 0.415. The van der Waals surface area contributed by atoms with Gasteiger partial charge in [0.15, 0.2) is 0 Å². The Morgan fingerprint density at radius 1 is 1.03 bits per heavy atom. The summed E-state index contributed by atoms with van der Waals surface area (Å²) in [5.74, 6) is 1.80. The summed E-state index contributed by atoms with van der Waals surface area (Å²) in [7, 11) is 0. The fraction of sp³-hybridized carbons (Fsp3) is 0.269. The van der Waals surface area contributed by atoms with Crippen molar-refractivity contribution in [2.45, 2.75) is 45.6 Å². The topological polar surface area (TPSA) is 34.1 Å². The van der Waals surface area contributed by atoms with E-state index in [2.05, 4.69) is 70.3 Å². The average molecular weight is 477 g/mol. The van der Waals surface area contributed by atoms with Gasteiger partial charge in [-0.1, -0.05) is 45.8 Å². The van der Waals surface area contributed by atoms with Crippen molar-refractivity contribution >= 4 is 21.6 Å². The zero-order chi connectivity index (χ0) is 21.5. The zero-order valence-corrected chi connectivity index (χ0v) is 19.5. The lowest BCUT2D eigenvalue weighted by molar-refractivity contribution is -0.0190. The molecule has 5 heteroatoms. The average Bonchev–Trinajstić information content (AvgIpc) is 3.20. The molecule has 2 atom stereocenters. The highest BCUT2D eigenvalue weighted by Crippen LogP contribution is 2.48. The fourth-order valence-corrected chi connectivity index (χ4v) is 4.56. The van der Waals surface area contributed by atoms with E-state index in [0.717, 1.165) is 44.8 Å². The van der Waals surface area contributed by atoms with Gasteiger partial charge >= 0.3 is 0 Å². The molecule has 3 aromatic carbocycles. The summed E-state index contributed by atoms with van der Waals surface area (Å²) in [6.07, 6.45) is 0.742. The van der Waals surface area contributed by atoms with Crippen LogP contribution in [-0.2, 0) is 0 Å². The predicted octanol–water partition coefficient (Wildman–Crippen LogP) is 6.79. The highest BCUT2D eigenvalue weighted by atomic mass is 79.9. The summed E-state index contributed by atoms with van der Waals surface area (Å²) in [5, 5.41) is 7.17. The van der Waals surface area contributed by atoms with E-state index in [-0.39, 0.29) is 18.4 Å². The van der Waals surface area contributed by atoms with Gasteiger partial charge in [-0.15, -0.1) is 0 Å². The number of rotatable bonds is 4. The number of nitrogens with zero attached hydrogens (tertiary/aromatic N) is 2. The summed E-state index contributed by atoms with van der Waals surface area (Å²) in [5.41, 5.74) is 5.68. The van der Waals surface area contributed by atoms with Crippen molar-refractivity contribution in [3.63, 3.8) is 0 Å². The van der Waals surface area contributed by atoms with Gasteiger partial charge in [-0.3, -0.25) is 0 Å². The maximum absolute atomic E-state index is 6.45. The van der Waals surface area contributed by atoms with Crippen molar-refractivity contribution in [3.05, 3.63) is 93.5 Å². The number of hydrogen-bond donors (Lipinski definition) is 0. The van der Waals surface area contributed by atoms with Crippen molar-refractivity contribution in [1.82, 2.24) is 5.01 Å². The molecule has 0 N–H and O–H groups in total. The summed E-state index contributed by atoms with van der Waals surface area (Å²) >= 11 is 3.62. The first kappa shape index (κ1) is 20.1. The van der Waals surface area contributed by atoms with Gasteiger partial charge in [0.25, 0.3) is 0 Å². The molecule has 158 valence electrons. The standard InChI is InChI=1S/C26H25BrN2O2/c1-16(2)30-21-11-8-18(9-12-21)23-15-24-22-14-20(27)10-13-25(22)31-26(29(24)28-23)19-6-4-17(3)5-7-19/h4-14,16,24,26H,15H2,1-3H3/t24-,26-/m1/s1. The molecule has 0 saturated heterocycles. The van der Waals surface area contributed by atoms with Gasteiger partial charge in [-0.25, -0.2) is 5.01 Å². The summed E-state index contributed by atoms with van der Waals surface area (Å²) < 4.78 is 13.3. The zero-order valence-electron chi connectivity index (χ0n) is 17.9. The van der Waals surface area contributed by atoms with Gasteiger partial charge < -0.3 is 9.47 Å². The van der Waals surface area contributed by atoms with Gasteiger partial charge in [-0.05, 0) is 68.8 Å². The first-order valence-electron chi connectivity index (χ1n) is 10.6. The molecule has 5 rings (SSSR count). The molecule has 0 bridgehead atoms. The van der Waals surface area contributed by atoms with Crippen molar-refractivity contribution in [2.24, 2.45) is 5.10 Å². The van der Waals surface area contributed by atoms with Crippen LogP contribution in [0.5, 0.6) is 11.5 Å². The smallest absolute Gasteiger partial charge is 0.213 e. The van der Waals surface area contributed by atoms with E-state index in [9.17, 15) is 0 Å². The van der Waals surface area contributed by atoms with Crippen LogP contribution in [-0.4, -0.2) is 16.8 Å². The van der Waals surface area contributed by atoms with Crippen LogP contribution in [0, 0.1) is 6.92 Å². The first-order chi connectivity index (χ1) is 15.0. The van der Waals surface area contributed by atoms with Crippen molar-refractivity contribution in [2.75, 3.05) is 0 Å². The summed E-state index contributed by atoms with van der Waals surface area (Å²) in [6, 6.07) is 23.1. The molecule has 0 amide bonds. The molecular formula is C26H25BrN2O2. The van der Waals surface area contributed by atoms with Crippen molar-refractivity contribution in [3.8, 4) is 11.5 Å². The second-order valence-electron chi connectivity index (χ2n) is 8.40. The summed E-state index contributed by atoms with van der Waals surface area (Å²) in [6.45, 7) is 6.17. The lowest BCUT2D eigenvalue weighted by Crippen LogP contribution is -2.33. The Labute approximate surface area is 191 Å². The summed E-state index contributed by atoms with van der Waals surface area (Å²) in [4.78, 5) is 0. The van der Waals surface area contributed by atoms with E-state index in [1.807, 2.05) is 38.1 Å². The number of ether oxygens (including phenoxy) is 2. The molecule has 0 unspecified atom stereocenters. The van der Waals surface area contributed by atoms with E-state index in [1.165, 1.54) is 5.56 Å². The van der Waals surface area contributed by atoms with Crippen LogP contribution in [0.4, 0.5) is 0 Å². The number of hydrogen-bond acceptors (Lipinski definition) is 4. The van der Waals surface area contributed by atoms with Crippen LogP contribution in [0.3, 0.4) is 0 Å². The lowest BCUT2D eigenvalue weighted by Gasteiger charge is -2.38. The molecule has 4 nitrogen and oxygen atoms in total. The molecular weight excluding hydrogens is 452 g/mol. The first-order valence-corrected chi connectivity index (χ1v) is 11.4. The minimum absolute atomic E-state index is 0.133. The number of fused-ring (bicyclic) bond motifs is 3. The van der Waals surface area contributed by atoms with Crippen LogP contribution < -0.4 is 9.47 Å². The number of aryl methyl sites for hydroxylation is 1. The Bertz CT molecular complexity index is 1120. The third kappa shape index (κ3) is 3.94. The minimum Gasteiger partial charge on any atom is -0.491 e. The molecule has 2 aliphatic heterocycles. The van der Waals surface area contributed by atoms with Gasteiger partial charge in [0.05, 0.1) is 17.9 Å². The van der Waals surface area contributed by atoms with Crippen molar-refractivity contribution < 1.29 is 9.47 Å². The minimum atomic E-state index is -0.250. The fourth-order valence-electron chi connectivity index (χ4n) is 4.18. The van der Waals surface area contributed by atoms with Crippen molar-refractivity contribution in [1.29, 1.82) is 0 Å². The SMILES string of the molecule is Cc1ccc([C@H]2Oc3ccc(Br)cc3[C@H]3CC(c4ccc(OC(C)C)cc4)=NN32)cc1. The predicted molar refractivity (Wildman–Crippen MR) is 127 cm³/mol. The molecule has 0 saturated carbocycles. The van der Waals surface area contributed by atoms with Gasteiger partial charge in [-0.2, -0.15) is 5.10 Å². The second-order valence-corrected chi connectivity index (χ2v) is 9.32. The maximum Gasteiger partial charge on any atom is 0.213 e.